The Morgan fingerprint density at radius 3 is 2.62 bits per heavy atom. The van der Waals surface area contributed by atoms with Crippen molar-refractivity contribution in [3.63, 3.8) is 0 Å². The monoisotopic (exact) mass is 412 g/mol. The van der Waals surface area contributed by atoms with Crippen LogP contribution in [0.15, 0.2) is 41.0 Å². The van der Waals surface area contributed by atoms with Gasteiger partial charge in [0, 0.05) is 22.0 Å². The van der Waals surface area contributed by atoms with E-state index in [1.807, 2.05) is 0 Å². The van der Waals surface area contributed by atoms with Crippen LogP contribution in [0.1, 0.15) is 37.6 Å². The maximum atomic E-state index is 4.72. The zero-order valence-electron chi connectivity index (χ0n) is 12.6. The van der Waals surface area contributed by atoms with E-state index >= 15 is 0 Å². The first-order valence-electron chi connectivity index (χ1n) is 7.47. The lowest BCUT2D eigenvalue weighted by atomic mass is 9.97. The van der Waals surface area contributed by atoms with E-state index in [-0.39, 0.29) is 0 Å². The van der Waals surface area contributed by atoms with Crippen molar-refractivity contribution in [2.45, 2.75) is 39.2 Å². The van der Waals surface area contributed by atoms with Crippen molar-refractivity contribution in [2.24, 2.45) is 5.92 Å². The van der Waals surface area contributed by atoms with E-state index in [9.17, 15) is 0 Å². The molecule has 0 bridgehead atoms. The maximum absolute atomic E-state index is 4.72. The SMILES string of the molecule is CCC(C)n1ccc(CC(CBr)Cc2ccccc2Br)n1. The van der Waals surface area contributed by atoms with Gasteiger partial charge in [-0.05, 0) is 49.8 Å². The second-order valence-electron chi connectivity index (χ2n) is 5.56. The van der Waals surface area contributed by atoms with Crippen LogP contribution >= 0.6 is 31.9 Å². The van der Waals surface area contributed by atoms with Gasteiger partial charge in [0.2, 0.25) is 0 Å². The molecule has 0 aliphatic carbocycles. The highest BCUT2D eigenvalue weighted by molar-refractivity contribution is 9.10. The van der Waals surface area contributed by atoms with Gasteiger partial charge in [0.15, 0.2) is 0 Å². The summed E-state index contributed by atoms with van der Waals surface area (Å²) in [6.45, 7) is 4.40. The lowest BCUT2D eigenvalue weighted by Crippen LogP contribution is -2.12. The molecule has 1 aromatic heterocycles. The van der Waals surface area contributed by atoms with Crippen LogP contribution in [0.4, 0.5) is 0 Å². The van der Waals surface area contributed by atoms with Gasteiger partial charge in [-0.25, -0.2) is 0 Å². The van der Waals surface area contributed by atoms with Crippen LogP contribution in [-0.2, 0) is 12.8 Å². The molecule has 0 aliphatic rings. The Balaban J connectivity index is 2.02. The van der Waals surface area contributed by atoms with Gasteiger partial charge in [-0.15, -0.1) is 0 Å². The number of hydrogen-bond acceptors (Lipinski definition) is 1. The zero-order valence-corrected chi connectivity index (χ0v) is 15.8. The van der Waals surface area contributed by atoms with Crippen LogP contribution in [0.2, 0.25) is 0 Å². The third-order valence-corrected chi connectivity index (χ3v) is 5.58. The largest absolute Gasteiger partial charge is 0.270 e. The molecule has 1 heterocycles. The van der Waals surface area contributed by atoms with E-state index in [1.54, 1.807) is 0 Å². The number of benzene rings is 1. The number of rotatable bonds is 7. The van der Waals surface area contributed by atoms with E-state index in [2.05, 4.69) is 86.9 Å². The third-order valence-electron chi connectivity index (χ3n) is 3.89. The molecular weight excluding hydrogens is 392 g/mol. The molecule has 0 fully saturated rings. The molecule has 0 radical (unpaired) electrons. The molecule has 2 nitrogen and oxygen atoms in total. The summed E-state index contributed by atoms with van der Waals surface area (Å²) < 4.78 is 3.28. The summed E-state index contributed by atoms with van der Waals surface area (Å²) in [5, 5.41) is 5.71. The quantitative estimate of drug-likeness (QED) is 0.554. The second-order valence-corrected chi connectivity index (χ2v) is 7.07. The van der Waals surface area contributed by atoms with Crippen LogP contribution in [0, 0.1) is 5.92 Å². The molecule has 4 heteroatoms. The van der Waals surface area contributed by atoms with Gasteiger partial charge in [-0.1, -0.05) is 57.0 Å². The summed E-state index contributed by atoms with van der Waals surface area (Å²) in [6.07, 6.45) is 5.28. The molecule has 21 heavy (non-hydrogen) atoms. The van der Waals surface area contributed by atoms with Gasteiger partial charge < -0.3 is 0 Å². The average Bonchev–Trinajstić information content (AvgIpc) is 2.96. The summed E-state index contributed by atoms with van der Waals surface area (Å²) in [5.41, 5.74) is 2.55. The van der Waals surface area contributed by atoms with Crippen molar-refractivity contribution >= 4 is 31.9 Å². The summed E-state index contributed by atoms with van der Waals surface area (Å²) >= 11 is 7.29. The molecule has 2 atom stereocenters. The molecule has 0 aliphatic heterocycles. The van der Waals surface area contributed by atoms with Crippen molar-refractivity contribution in [1.29, 1.82) is 0 Å². The summed E-state index contributed by atoms with van der Waals surface area (Å²) in [5.74, 6) is 0.559. The minimum atomic E-state index is 0.476. The summed E-state index contributed by atoms with van der Waals surface area (Å²) in [7, 11) is 0. The van der Waals surface area contributed by atoms with Crippen molar-refractivity contribution < 1.29 is 0 Å². The zero-order chi connectivity index (χ0) is 15.2. The summed E-state index contributed by atoms with van der Waals surface area (Å²) in [4.78, 5) is 0. The fourth-order valence-electron chi connectivity index (χ4n) is 2.37. The standard InChI is InChI=1S/C17H22Br2N2/c1-3-13(2)21-9-8-16(20-21)11-14(12-18)10-15-6-4-5-7-17(15)19/h4-9,13-14H,3,10-12H2,1-2H3. The molecule has 2 aromatic rings. The van der Waals surface area contributed by atoms with Gasteiger partial charge in [-0.3, -0.25) is 4.68 Å². The highest BCUT2D eigenvalue weighted by Crippen LogP contribution is 2.22. The van der Waals surface area contributed by atoms with E-state index < -0.39 is 0 Å². The van der Waals surface area contributed by atoms with Crippen LogP contribution in [0.25, 0.3) is 0 Å². The van der Waals surface area contributed by atoms with Gasteiger partial charge in [0.05, 0.1) is 5.69 Å². The fraction of sp³-hybridized carbons (Fsp3) is 0.471. The summed E-state index contributed by atoms with van der Waals surface area (Å²) in [6, 6.07) is 11.1. The Bertz CT molecular complexity index is 565. The molecule has 0 saturated heterocycles. The van der Waals surface area contributed by atoms with Crippen LogP contribution in [0.3, 0.4) is 0 Å². The Morgan fingerprint density at radius 1 is 1.19 bits per heavy atom. The molecule has 0 N–H and O–H groups in total. The third kappa shape index (κ3) is 4.68. The van der Waals surface area contributed by atoms with E-state index in [0.29, 0.717) is 12.0 Å². The van der Waals surface area contributed by atoms with Gasteiger partial charge in [-0.2, -0.15) is 5.10 Å². The van der Waals surface area contributed by atoms with Crippen LogP contribution in [-0.4, -0.2) is 15.1 Å². The predicted molar refractivity (Wildman–Crippen MR) is 96.1 cm³/mol. The molecule has 0 saturated carbocycles. The molecule has 0 spiro atoms. The number of nitrogens with zero attached hydrogens (tertiary/aromatic N) is 2. The number of aromatic nitrogens is 2. The second kappa shape index (κ2) is 8.14. The minimum Gasteiger partial charge on any atom is -0.270 e. The highest BCUT2D eigenvalue weighted by atomic mass is 79.9. The van der Waals surface area contributed by atoms with Crippen molar-refractivity contribution in [1.82, 2.24) is 9.78 Å². The van der Waals surface area contributed by atoms with Crippen LogP contribution in [0.5, 0.6) is 0 Å². The number of hydrogen-bond donors (Lipinski definition) is 0. The molecule has 0 amide bonds. The first-order chi connectivity index (χ1) is 10.1. The number of halogens is 2. The molecule has 2 unspecified atom stereocenters. The Kier molecular flexibility index (Phi) is 6.49. The van der Waals surface area contributed by atoms with Crippen LogP contribution < -0.4 is 0 Å². The Morgan fingerprint density at radius 2 is 1.95 bits per heavy atom. The predicted octanol–water partition coefficient (Wildman–Crippen LogP) is 5.41. The van der Waals surface area contributed by atoms with Gasteiger partial charge in [0.1, 0.15) is 0 Å². The topological polar surface area (TPSA) is 17.8 Å². The normalized spacial score (nSPS) is 14.1. The van der Waals surface area contributed by atoms with Crippen molar-refractivity contribution in [3.05, 3.63) is 52.3 Å². The maximum Gasteiger partial charge on any atom is 0.0627 e. The Hall–Kier alpha value is -0.610. The van der Waals surface area contributed by atoms with E-state index in [1.165, 1.54) is 15.7 Å². The van der Waals surface area contributed by atoms with Gasteiger partial charge >= 0.3 is 0 Å². The molecule has 2 rings (SSSR count). The van der Waals surface area contributed by atoms with E-state index in [0.717, 1.165) is 24.6 Å². The lowest BCUT2D eigenvalue weighted by molar-refractivity contribution is 0.468. The average molecular weight is 414 g/mol. The first kappa shape index (κ1) is 16.8. The molecule has 1 aromatic carbocycles. The highest BCUT2D eigenvalue weighted by Gasteiger charge is 2.13. The first-order valence-corrected chi connectivity index (χ1v) is 9.38. The smallest absolute Gasteiger partial charge is 0.0627 e. The van der Waals surface area contributed by atoms with E-state index in [4.69, 9.17) is 5.10 Å². The van der Waals surface area contributed by atoms with Crippen molar-refractivity contribution in [2.75, 3.05) is 5.33 Å². The Labute approximate surface area is 144 Å². The van der Waals surface area contributed by atoms with Gasteiger partial charge in [0.25, 0.3) is 0 Å². The minimum absolute atomic E-state index is 0.476. The van der Waals surface area contributed by atoms with Crippen molar-refractivity contribution in [3.8, 4) is 0 Å². The number of alkyl halides is 1. The molecule has 114 valence electrons. The fourth-order valence-corrected chi connectivity index (χ4v) is 3.28. The molecular formula is C17H22Br2N2. The lowest BCUT2D eigenvalue weighted by Gasteiger charge is -2.14.